The number of aromatic nitrogens is 2. The molecule has 1 atom stereocenters. The molecule has 18 heavy (non-hydrogen) atoms. The van der Waals surface area contributed by atoms with E-state index in [0.717, 1.165) is 13.1 Å². The van der Waals surface area contributed by atoms with Crippen molar-refractivity contribution in [3.05, 3.63) is 12.4 Å². The Balaban J connectivity index is 1.90. The average molecular weight is 252 g/mol. The lowest BCUT2D eigenvalue weighted by molar-refractivity contribution is -0.137. The van der Waals surface area contributed by atoms with E-state index in [2.05, 4.69) is 15.7 Å². The first-order valence-electron chi connectivity index (χ1n) is 5.82. The molecule has 1 amide bonds. The molecule has 2 heterocycles. The van der Waals surface area contributed by atoms with Crippen LogP contribution in [-0.4, -0.2) is 39.9 Å². The molecule has 1 aromatic heterocycles. The van der Waals surface area contributed by atoms with Gasteiger partial charge >= 0.3 is 5.97 Å². The number of carbonyl (C=O) groups excluding carboxylic acids is 1. The van der Waals surface area contributed by atoms with Crippen LogP contribution in [0.4, 0.5) is 5.69 Å². The highest BCUT2D eigenvalue weighted by Gasteiger charge is 2.28. The van der Waals surface area contributed by atoms with Crippen LogP contribution in [0.3, 0.4) is 0 Å². The standard InChI is InChI=1S/C11H16N4O3/c1-7(8-2-12-3-8)11(18)14-9-4-13-15(5-9)6-10(16)17/h4-5,7-8,12H,2-3,6H2,1H3,(H,14,18)(H,16,17). The predicted octanol–water partition coefficient (Wildman–Crippen LogP) is -0.238. The van der Waals surface area contributed by atoms with Gasteiger partial charge in [0.2, 0.25) is 5.91 Å². The molecular formula is C11H16N4O3. The summed E-state index contributed by atoms with van der Waals surface area (Å²) in [6.45, 7) is 3.42. The number of carboxylic acid groups (broad SMARTS) is 1. The zero-order valence-corrected chi connectivity index (χ0v) is 10.1. The molecule has 0 spiro atoms. The normalized spacial score (nSPS) is 16.9. The molecule has 1 aliphatic rings. The third-order valence-corrected chi connectivity index (χ3v) is 3.13. The number of hydrogen-bond acceptors (Lipinski definition) is 4. The molecule has 7 heteroatoms. The first-order valence-corrected chi connectivity index (χ1v) is 5.82. The second-order valence-electron chi connectivity index (χ2n) is 4.52. The van der Waals surface area contributed by atoms with Crippen LogP contribution in [0, 0.1) is 11.8 Å². The molecule has 7 nitrogen and oxygen atoms in total. The number of anilines is 1. The van der Waals surface area contributed by atoms with Gasteiger partial charge in [-0.2, -0.15) is 5.10 Å². The SMILES string of the molecule is CC(C(=O)Nc1cnn(CC(=O)O)c1)C1CNC1. The quantitative estimate of drug-likeness (QED) is 0.672. The van der Waals surface area contributed by atoms with Crippen molar-refractivity contribution >= 4 is 17.6 Å². The van der Waals surface area contributed by atoms with Crippen molar-refractivity contribution in [1.82, 2.24) is 15.1 Å². The Hall–Kier alpha value is -1.89. The van der Waals surface area contributed by atoms with Gasteiger partial charge in [-0.25, -0.2) is 0 Å². The number of amides is 1. The summed E-state index contributed by atoms with van der Waals surface area (Å²) in [6, 6.07) is 0. The number of carboxylic acids is 1. The number of nitrogens with one attached hydrogen (secondary N) is 2. The van der Waals surface area contributed by atoms with Crippen LogP contribution < -0.4 is 10.6 Å². The molecule has 3 N–H and O–H groups in total. The number of aliphatic carboxylic acids is 1. The van der Waals surface area contributed by atoms with Crippen molar-refractivity contribution in [2.75, 3.05) is 18.4 Å². The summed E-state index contributed by atoms with van der Waals surface area (Å²) >= 11 is 0. The van der Waals surface area contributed by atoms with E-state index in [1.165, 1.54) is 17.1 Å². The molecule has 0 saturated carbocycles. The average Bonchev–Trinajstić information content (AvgIpc) is 2.61. The Bertz CT molecular complexity index is 453. The minimum atomic E-state index is -0.968. The largest absolute Gasteiger partial charge is 0.480 e. The second kappa shape index (κ2) is 5.18. The fourth-order valence-electron chi connectivity index (χ4n) is 1.79. The van der Waals surface area contributed by atoms with Crippen molar-refractivity contribution in [3.8, 4) is 0 Å². The molecule has 0 bridgehead atoms. The highest BCUT2D eigenvalue weighted by Crippen LogP contribution is 2.18. The maximum atomic E-state index is 11.9. The lowest BCUT2D eigenvalue weighted by Gasteiger charge is -2.31. The van der Waals surface area contributed by atoms with E-state index in [9.17, 15) is 9.59 Å². The fourth-order valence-corrected chi connectivity index (χ4v) is 1.79. The van der Waals surface area contributed by atoms with E-state index in [4.69, 9.17) is 5.11 Å². The third-order valence-electron chi connectivity index (χ3n) is 3.13. The Morgan fingerprint density at radius 3 is 2.94 bits per heavy atom. The van der Waals surface area contributed by atoms with Gasteiger partial charge in [0.15, 0.2) is 0 Å². The van der Waals surface area contributed by atoms with Crippen LogP contribution in [0.25, 0.3) is 0 Å². The lowest BCUT2D eigenvalue weighted by atomic mass is 9.88. The zero-order valence-electron chi connectivity index (χ0n) is 10.1. The van der Waals surface area contributed by atoms with Crippen LogP contribution in [0.2, 0.25) is 0 Å². The zero-order chi connectivity index (χ0) is 13.1. The van der Waals surface area contributed by atoms with E-state index in [0.29, 0.717) is 11.6 Å². The summed E-state index contributed by atoms with van der Waals surface area (Å²) in [5.41, 5.74) is 0.528. The lowest BCUT2D eigenvalue weighted by Crippen LogP contribution is -2.48. The Labute approximate surface area is 104 Å². The predicted molar refractivity (Wildman–Crippen MR) is 64.0 cm³/mol. The summed E-state index contributed by atoms with van der Waals surface area (Å²) in [7, 11) is 0. The molecule has 1 aliphatic heterocycles. The summed E-state index contributed by atoms with van der Waals surface area (Å²) in [5.74, 6) is -0.714. The van der Waals surface area contributed by atoms with Gasteiger partial charge in [0, 0.05) is 12.1 Å². The summed E-state index contributed by atoms with van der Waals surface area (Å²) in [4.78, 5) is 22.4. The third kappa shape index (κ3) is 2.86. The minimum Gasteiger partial charge on any atom is -0.480 e. The fraction of sp³-hybridized carbons (Fsp3) is 0.545. The van der Waals surface area contributed by atoms with Crippen LogP contribution in [0.5, 0.6) is 0 Å². The highest BCUT2D eigenvalue weighted by atomic mass is 16.4. The Kier molecular flexibility index (Phi) is 3.61. The molecule has 1 saturated heterocycles. The van der Waals surface area contributed by atoms with Crippen molar-refractivity contribution in [2.45, 2.75) is 13.5 Å². The van der Waals surface area contributed by atoms with Crippen LogP contribution in [0.15, 0.2) is 12.4 Å². The summed E-state index contributed by atoms with van der Waals surface area (Å²) in [5, 5.41) is 18.3. The number of hydrogen-bond donors (Lipinski definition) is 3. The van der Waals surface area contributed by atoms with Crippen molar-refractivity contribution < 1.29 is 14.7 Å². The Morgan fingerprint density at radius 1 is 1.67 bits per heavy atom. The van der Waals surface area contributed by atoms with Crippen molar-refractivity contribution in [1.29, 1.82) is 0 Å². The van der Waals surface area contributed by atoms with Gasteiger partial charge in [0.25, 0.3) is 0 Å². The Morgan fingerprint density at radius 2 is 2.39 bits per heavy atom. The van der Waals surface area contributed by atoms with Gasteiger partial charge in [-0.1, -0.05) is 6.92 Å². The smallest absolute Gasteiger partial charge is 0.325 e. The summed E-state index contributed by atoms with van der Waals surface area (Å²) in [6.07, 6.45) is 2.96. The molecule has 98 valence electrons. The van der Waals surface area contributed by atoms with E-state index in [1.54, 1.807) is 0 Å². The molecule has 1 unspecified atom stereocenters. The van der Waals surface area contributed by atoms with E-state index in [1.807, 2.05) is 6.92 Å². The molecular weight excluding hydrogens is 236 g/mol. The van der Waals surface area contributed by atoms with Crippen molar-refractivity contribution in [2.24, 2.45) is 11.8 Å². The summed E-state index contributed by atoms with van der Waals surface area (Å²) < 4.78 is 1.27. The molecule has 0 aliphatic carbocycles. The van der Waals surface area contributed by atoms with Crippen LogP contribution in [0.1, 0.15) is 6.92 Å². The van der Waals surface area contributed by atoms with Crippen molar-refractivity contribution in [3.63, 3.8) is 0 Å². The van der Waals surface area contributed by atoms with Crippen LogP contribution in [-0.2, 0) is 16.1 Å². The van der Waals surface area contributed by atoms with Gasteiger partial charge < -0.3 is 15.7 Å². The van der Waals surface area contributed by atoms with Crippen LogP contribution >= 0.6 is 0 Å². The van der Waals surface area contributed by atoms with E-state index in [-0.39, 0.29) is 18.4 Å². The number of carbonyl (C=O) groups is 2. The molecule has 1 fully saturated rings. The number of nitrogens with zero attached hydrogens (tertiary/aromatic N) is 2. The van der Waals surface area contributed by atoms with Gasteiger partial charge in [-0.05, 0) is 19.0 Å². The van der Waals surface area contributed by atoms with E-state index >= 15 is 0 Å². The monoisotopic (exact) mass is 252 g/mol. The first kappa shape index (κ1) is 12.6. The topological polar surface area (TPSA) is 96.2 Å². The van der Waals surface area contributed by atoms with Gasteiger partial charge in [-0.15, -0.1) is 0 Å². The van der Waals surface area contributed by atoms with E-state index < -0.39 is 5.97 Å². The molecule has 0 radical (unpaired) electrons. The first-order chi connectivity index (χ1) is 8.56. The highest BCUT2D eigenvalue weighted by molar-refractivity contribution is 5.92. The van der Waals surface area contributed by atoms with Gasteiger partial charge in [-0.3, -0.25) is 14.3 Å². The number of rotatable bonds is 5. The second-order valence-corrected chi connectivity index (χ2v) is 4.52. The maximum Gasteiger partial charge on any atom is 0.325 e. The molecule has 2 rings (SSSR count). The minimum absolute atomic E-state index is 0.0589. The maximum absolute atomic E-state index is 11.9. The van der Waals surface area contributed by atoms with Gasteiger partial charge in [0.1, 0.15) is 6.54 Å². The van der Waals surface area contributed by atoms with Gasteiger partial charge in [0.05, 0.1) is 11.9 Å². The molecule has 1 aromatic rings. The molecule has 0 aromatic carbocycles.